The average molecular weight is 368 g/mol. The van der Waals surface area contributed by atoms with E-state index in [-0.39, 0.29) is 11.9 Å². The van der Waals surface area contributed by atoms with Gasteiger partial charge in [-0.25, -0.2) is 0 Å². The van der Waals surface area contributed by atoms with Gasteiger partial charge in [0.15, 0.2) is 0 Å². The molecular formula is C15H18BrN3OS. The molecule has 2 N–H and O–H groups in total. The molecule has 21 heavy (non-hydrogen) atoms. The van der Waals surface area contributed by atoms with Gasteiger partial charge in [0.05, 0.1) is 18.0 Å². The van der Waals surface area contributed by atoms with Crippen molar-refractivity contribution in [1.82, 2.24) is 15.5 Å². The van der Waals surface area contributed by atoms with Crippen LogP contribution in [0, 0.1) is 13.8 Å². The number of amides is 1. The van der Waals surface area contributed by atoms with Crippen LogP contribution in [0.3, 0.4) is 0 Å². The highest BCUT2D eigenvalue weighted by Gasteiger charge is 2.11. The predicted molar refractivity (Wildman–Crippen MR) is 89.5 cm³/mol. The minimum atomic E-state index is -0.0374. The Bertz CT molecular complexity index is 628. The van der Waals surface area contributed by atoms with Crippen LogP contribution in [0.5, 0.6) is 0 Å². The van der Waals surface area contributed by atoms with E-state index in [0.29, 0.717) is 5.75 Å². The fourth-order valence-electron chi connectivity index (χ4n) is 1.92. The molecule has 0 bridgehead atoms. The number of aromatic nitrogens is 2. The molecule has 0 aliphatic rings. The van der Waals surface area contributed by atoms with Gasteiger partial charge >= 0.3 is 0 Å². The van der Waals surface area contributed by atoms with Crippen LogP contribution in [0.1, 0.15) is 29.7 Å². The van der Waals surface area contributed by atoms with Crippen molar-refractivity contribution in [1.29, 1.82) is 0 Å². The number of halogens is 1. The van der Waals surface area contributed by atoms with Crippen molar-refractivity contribution in [2.24, 2.45) is 0 Å². The Balaban J connectivity index is 1.91. The summed E-state index contributed by atoms with van der Waals surface area (Å²) in [5, 5.41) is 9.61. The number of rotatable bonds is 5. The van der Waals surface area contributed by atoms with Crippen molar-refractivity contribution in [2.45, 2.75) is 31.7 Å². The second-order valence-electron chi connectivity index (χ2n) is 4.98. The summed E-state index contributed by atoms with van der Waals surface area (Å²) in [5.41, 5.74) is 3.33. The van der Waals surface area contributed by atoms with Crippen LogP contribution < -0.4 is 5.32 Å². The van der Waals surface area contributed by atoms with Crippen molar-refractivity contribution in [3.8, 4) is 0 Å². The van der Waals surface area contributed by atoms with Gasteiger partial charge in [-0.05, 0) is 44.0 Å². The van der Waals surface area contributed by atoms with E-state index < -0.39 is 0 Å². The van der Waals surface area contributed by atoms with Crippen LogP contribution in [0.4, 0.5) is 0 Å². The van der Waals surface area contributed by atoms with Crippen LogP contribution in [-0.4, -0.2) is 21.9 Å². The fraction of sp³-hybridized carbons (Fsp3) is 0.333. The molecule has 2 rings (SSSR count). The molecule has 1 aromatic heterocycles. The Labute approximate surface area is 137 Å². The van der Waals surface area contributed by atoms with Crippen LogP contribution in [0.25, 0.3) is 0 Å². The summed E-state index contributed by atoms with van der Waals surface area (Å²) in [6.07, 6.45) is 3.51. The lowest BCUT2D eigenvalue weighted by Gasteiger charge is -2.13. The minimum absolute atomic E-state index is 0.0219. The Morgan fingerprint density at radius 2 is 2.19 bits per heavy atom. The molecule has 2 aromatic rings. The summed E-state index contributed by atoms with van der Waals surface area (Å²) in [4.78, 5) is 13.2. The Morgan fingerprint density at radius 3 is 2.86 bits per heavy atom. The zero-order chi connectivity index (χ0) is 15.4. The molecule has 6 heteroatoms. The molecule has 0 aliphatic heterocycles. The van der Waals surface area contributed by atoms with Gasteiger partial charge in [0, 0.05) is 21.1 Å². The first-order chi connectivity index (χ1) is 9.97. The summed E-state index contributed by atoms with van der Waals surface area (Å²) in [6, 6.07) is 4.16. The average Bonchev–Trinajstić information content (AvgIpc) is 2.95. The van der Waals surface area contributed by atoms with E-state index in [1.807, 2.05) is 6.92 Å². The number of nitrogens with zero attached hydrogens (tertiary/aromatic N) is 1. The molecule has 112 valence electrons. The molecule has 0 saturated carbocycles. The first-order valence-corrected chi connectivity index (χ1v) is 8.43. The van der Waals surface area contributed by atoms with E-state index in [1.54, 1.807) is 24.2 Å². The van der Waals surface area contributed by atoms with Gasteiger partial charge in [-0.1, -0.05) is 15.9 Å². The number of carbonyl (C=O) groups excluding carboxylic acids is 1. The van der Waals surface area contributed by atoms with Gasteiger partial charge in [-0.3, -0.25) is 9.89 Å². The Kier molecular flexibility index (Phi) is 5.47. The third kappa shape index (κ3) is 4.35. The van der Waals surface area contributed by atoms with Crippen LogP contribution in [-0.2, 0) is 4.79 Å². The van der Waals surface area contributed by atoms with Gasteiger partial charge < -0.3 is 5.32 Å². The maximum absolute atomic E-state index is 12.0. The van der Waals surface area contributed by atoms with E-state index in [2.05, 4.69) is 57.4 Å². The predicted octanol–water partition coefficient (Wildman–Crippen LogP) is 3.76. The summed E-state index contributed by atoms with van der Waals surface area (Å²) in [5.74, 6) is 0.429. The van der Waals surface area contributed by atoms with E-state index in [9.17, 15) is 4.79 Å². The zero-order valence-electron chi connectivity index (χ0n) is 12.2. The normalized spacial score (nSPS) is 12.2. The first-order valence-electron chi connectivity index (χ1n) is 6.65. The molecule has 0 aliphatic carbocycles. The molecule has 0 fully saturated rings. The second-order valence-corrected chi connectivity index (χ2v) is 6.85. The number of hydrogen-bond donors (Lipinski definition) is 2. The smallest absolute Gasteiger partial charge is 0.230 e. The van der Waals surface area contributed by atoms with E-state index in [4.69, 9.17) is 0 Å². The topological polar surface area (TPSA) is 57.8 Å². The molecule has 4 nitrogen and oxygen atoms in total. The molecular weight excluding hydrogens is 350 g/mol. The van der Waals surface area contributed by atoms with Gasteiger partial charge in [0.25, 0.3) is 0 Å². The number of thioether (sulfide) groups is 1. The number of benzene rings is 1. The largest absolute Gasteiger partial charge is 0.349 e. The van der Waals surface area contributed by atoms with Crippen molar-refractivity contribution in [2.75, 3.05) is 5.75 Å². The lowest BCUT2D eigenvalue weighted by Crippen LogP contribution is -2.27. The number of aryl methyl sites for hydroxylation is 2. The second kappa shape index (κ2) is 7.13. The van der Waals surface area contributed by atoms with Crippen LogP contribution >= 0.6 is 27.7 Å². The summed E-state index contributed by atoms with van der Waals surface area (Å²) >= 11 is 5.08. The molecule has 1 unspecified atom stereocenters. The molecule has 1 amide bonds. The van der Waals surface area contributed by atoms with E-state index in [1.165, 1.54) is 11.1 Å². The van der Waals surface area contributed by atoms with Gasteiger partial charge in [0.2, 0.25) is 5.91 Å². The number of carbonyl (C=O) groups is 1. The third-order valence-electron chi connectivity index (χ3n) is 3.21. The Hall–Kier alpha value is -1.27. The number of nitrogens with one attached hydrogen (secondary N) is 2. The summed E-state index contributed by atoms with van der Waals surface area (Å²) < 4.78 is 1.10. The van der Waals surface area contributed by atoms with E-state index >= 15 is 0 Å². The van der Waals surface area contributed by atoms with Crippen molar-refractivity contribution in [3.05, 3.63) is 45.7 Å². The fourth-order valence-corrected chi connectivity index (χ4v) is 3.29. The lowest BCUT2D eigenvalue weighted by molar-refractivity contribution is -0.119. The maximum Gasteiger partial charge on any atom is 0.230 e. The maximum atomic E-state index is 12.0. The molecule has 0 saturated heterocycles. The van der Waals surface area contributed by atoms with E-state index in [0.717, 1.165) is 14.9 Å². The van der Waals surface area contributed by atoms with Gasteiger partial charge in [-0.2, -0.15) is 5.10 Å². The van der Waals surface area contributed by atoms with Crippen molar-refractivity contribution >= 4 is 33.6 Å². The van der Waals surface area contributed by atoms with Crippen molar-refractivity contribution in [3.63, 3.8) is 0 Å². The SMILES string of the molecule is Cc1cc(SCC(=O)NC(C)c2cn[nH]c2)c(C)cc1Br. The monoisotopic (exact) mass is 367 g/mol. The molecule has 1 heterocycles. The highest BCUT2D eigenvalue weighted by atomic mass is 79.9. The number of hydrogen-bond acceptors (Lipinski definition) is 3. The number of aromatic amines is 1. The molecule has 1 atom stereocenters. The third-order valence-corrected chi connectivity index (χ3v) is 5.22. The van der Waals surface area contributed by atoms with Crippen LogP contribution in [0.15, 0.2) is 33.9 Å². The quantitative estimate of drug-likeness (QED) is 0.791. The van der Waals surface area contributed by atoms with Crippen LogP contribution in [0.2, 0.25) is 0 Å². The molecule has 0 spiro atoms. The first kappa shape index (κ1) is 16.1. The highest BCUT2D eigenvalue weighted by molar-refractivity contribution is 9.10. The van der Waals surface area contributed by atoms with Gasteiger partial charge in [0.1, 0.15) is 0 Å². The lowest BCUT2D eigenvalue weighted by atomic mass is 10.2. The van der Waals surface area contributed by atoms with Gasteiger partial charge in [-0.15, -0.1) is 11.8 Å². The minimum Gasteiger partial charge on any atom is -0.349 e. The zero-order valence-corrected chi connectivity index (χ0v) is 14.6. The highest BCUT2D eigenvalue weighted by Crippen LogP contribution is 2.28. The summed E-state index contributed by atoms with van der Waals surface area (Å²) in [7, 11) is 0. The molecule has 0 radical (unpaired) electrons. The standard InChI is InChI=1S/C15H18BrN3OS/c1-9-5-14(10(2)4-13(9)16)21-8-15(20)19-11(3)12-6-17-18-7-12/h4-7,11H,8H2,1-3H3,(H,17,18)(H,19,20). The Morgan fingerprint density at radius 1 is 1.43 bits per heavy atom. The van der Waals surface area contributed by atoms with Crippen molar-refractivity contribution < 1.29 is 4.79 Å². The number of H-pyrrole nitrogens is 1. The molecule has 1 aromatic carbocycles. The summed E-state index contributed by atoms with van der Waals surface area (Å²) in [6.45, 7) is 6.05.